The van der Waals surface area contributed by atoms with Crippen molar-refractivity contribution in [1.82, 2.24) is 5.32 Å². The van der Waals surface area contributed by atoms with Crippen LogP contribution in [0.1, 0.15) is 65.7 Å². The lowest BCUT2D eigenvalue weighted by Crippen LogP contribution is -2.36. The highest BCUT2D eigenvalue weighted by Crippen LogP contribution is 2.03. The topological polar surface area (TPSA) is 29.1 Å². The second-order valence-corrected chi connectivity index (χ2v) is 5.60. The molecule has 0 fully saturated rings. The van der Waals surface area contributed by atoms with E-state index in [1.54, 1.807) is 0 Å². The van der Waals surface area contributed by atoms with Gasteiger partial charge in [-0.1, -0.05) is 66.7 Å². The van der Waals surface area contributed by atoms with E-state index < -0.39 is 0 Å². The zero-order chi connectivity index (χ0) is 16.1. The minimum absolute atomic E-state index is 0.00630. The van der Waals surface area contributed by atoms with Crippen LogP contribution in [0.4, 0.5) is 0 Å². The van der Waals surface area contributed by atoms with Gasteiger partial charge in [-0.3, -0.25) is 4.79 Å². The van der Waals surface area contributed by atoms with Crippen molar-refractivity contribution in [2.45, 2.75) is 61.4 Å². The van der Waals surface area contributed by atoms with Crippen LogP contribution in [-0.4, -0.2) is 11.9 Å². The minimum atomic E-state index is 0.00630. The van der Waals surface area contributed by atoms with Crippen LogP contribution in [0.3, 0.4) is 0 Å². The third-order valence-electron chi connectivity index (χ3n) is 2.39. The van der Waals surface area contributed by atoms with Crippen LogP contribution < -0.4 is 5.32 Å². The average Bonchev–Trinajstić information content (AvgIpc) is 2.41. The highest BCUT2D eigenvalue weighted by atomic mass is 16.1. The van der Waals surface area contributed by atoms with Crippen LogP contribution in [0.2, 0.25) is 0 Å². The molecule has 0 aliphatic carbocycles. The Labute approximate surface area is 126 Å². The van der Waals surface area contributed by atoms with E-state index in [1.165, 1.54) is 0 Å². The highest BCUT2D eigenvalue weighted by Gasteiger charge is 2.11. The van der Waals surface area contributed by atoms with Crippen molar-refractivity contribution >= 4 is 5.91 Å². The lowest BCUT2D eigenvalue weighted by Gasteiger charge is -2.17. The maximum absolute atomic E-state index is 11.6. The predicted octanol–water partition coefficient (Wildman–Crippen LogP) is 5.15. The summed E-state index contributed by atoms with van der Waals surface area (Å²) in [4.78, 5) is 11.6. The van der Waals surface area contributed by atoms with Gasteiger partial charge in [-0.25, -0.2) is 0 Å². The summed E-state index contributed by atoms with van der Waals surface area (Å²) >= 11 is 0. The van der Waals surface area contributed by atoms with Gasteiger partial charge in [0.1, 0.15) is 0 Å². The summed E-state index contributed by atoms with van der Waals surface area (Å²) in [6.45, 7) is 16.7. The third kappa shape index (κ3) is 11.8. The number of rotatable bonds is 3. The summed E-state index contributed by atoms with van der Waals surface area (Å²) in [7, 11) is 0. The molecule has 0 saturated carbocycles. The van der Waals surface area contributed by atoms with Crippen LogP contribution in [0.25, 0.3) is 0 Å². The maximum atomic E-state index is 11.6. The van der Waals surface area contributed by atoms with Gasteiger partial charge in [-0.15, -0.1) is 0 Å². The largest absolute Gasteiger partial charge is 0.349 e. The minimum Gasteiger partial charge on any atom is -0.349 e. The van der Waals surface area contributed by atoms with Crippen LogP contribution in [-0.2, 0) is 0 Å². The van der Waals surface area contributed by atoms with E-state index in [9.17, 15) is 4.79 Å². The fourth-order valence-electron chi connectivity index (χ4n) is 1.05. The van der Waals surface area contributed by atoms with E-state index in [4.69, 9.17) is 0 Å². The van der Waals surface area contributed by atoms with Gasteiger partial charge in [0.2, 0.25) is 0 Å². The predicted molar refractivity (Wildman–Crippen MR) is 90.1 cm³/mol. The lowest BCUT2D eigenvalue weighted by molar-refractivity contribution is 0.0930. The van der Waals surface area contributed by atoms with Crippen molar-refractivity contribution in [2.75, 3.05) is 0 Å². The first-order chi connectivity index (χ1) is 9.34. The Morgan fingerprint density at radius 1 is 0.900 bits per heavy atom. The molecular weight excluding hydrogens is 246 g/mol. The van der Waals surface area contributed by atoms with Crippen molar-refractivity contribution in [3.63, 3.8) is 0 Å². The Morgan fingerprint density at radius 3 is 1.65 bits per heavy atom. The maximum Gasteiger partial charge on any atom is 0.251 e. The molecule has 1 atom stereocenters. The van der Waals surface area contributed by atoms with E-state index in [2.05, 4.69) is 39.9 Å². The standard InChI is InChI=1S/C12H17NO.C4H10.C2H6/c1-9(2)10(3)13-12(14)11-7-5-4-6-8-11;1-4(2)3;1-2/h4-10H,1-3H3,(H,13,14);4H,1-3H3;1-2H3. The number of carbonyl (C=O) groups excluding carboxylic acids is 1. The Morgan fingerprint density at radius 2 is 1.30 bits per heavy atom. The molecule has 0 heterocycles. The summed E-state index contributed by atoms with van der Waals surface area (Å²) < 4.78 is 0. The molecule has 2 nitrogen and oxygen atoms in total. The molecule has 1 N–H and O–H groups in total. The molecule has 1 amide bonds. The van der Waals surface area contributed by atoms with Crippen LogP contribution >= 0.6 is 0 Å². The molecule has 0 aliphatic heterocycles. The first kappa shape index (κ1) is 21.0. The van der Waals surface area contributed by atoms with Crippen LogP contribution in [0.5, 0.6) is 0 Å². The smallest absolute Gasteiger partial charge is 0.251 e. The van der Waals surface area contributed by atoms with Gasteiger partial charge in [0.25, 0.3) is 5.91 Å². The van der Waals surface area contributed by atoms with Gasteiger partial charge in [0.15, 0.2) is 0 Å². The quantitative estimate of drug-likeness (QED) is 0.814. The average molecular weight is 279 g/mol. The van der Waals surface area contributed by atoms with Gasteiger partial charge >= 0.3 is 0 Å². The second-order valence-electron chi connectivity index (χ2n) is 5.60. The molecule has 20 heavy (non-hydrogen) atoms. The number of nitrogens with one attached hydrogen (secondary N) is 1. The summed E-state index contributed by atoms with van der Waals surface area (Å²) in [6, 6.07) is 9.50. The summed E-state index contributed by atoms with van der Waals surface area (Å²) in [6.07, 6.45) is 0. The Hall–Kier alpha value is -1.31. The van der Waals surface area contributed by atoms with E-state index in [0.29, 0.717) is 5.92 Å². The molecule has 1 unspecified atom stereocenters. The molecule has 0 saturated heterocycles. The first-order valence-electron chi connectivity index (χ1n) is 7.70. The van der Waals surface area contributed by atoms with Gasteiger partial charge in [0, 0.05) is 11.6 Å². The SMILES string of the molecule is CC.CC(C)C.CC(C)C(C)NC(=O)c1ccccc1. The first-order valence-corrected chi connectivity index (χ1v) is 7.70. The van der Waals surface area contributed by atoms with E-state index in [-0.39, 0.29) is 11.9 Å². The summed E-state index contributed by atoms with van der Waals surface area (Å²) in [5.41, 5.74) is 0.722. The number of hydrogen-bond donors (Lipinski definition) is 1. The number of carbonyl (C=O) groups is 1. The zero-order valence-electron chi connectivity index (χ0n) is 14.5. The molecule has 0 bridgehead atoms. The fourth-order valence-corrected chi connectivity index (χ4v) is 1.05. The summed E-state index contributed by atoms with van der Waals surface area (Å²) in [5, 5.41) is 2.96. The molecule has 1 rings (SSSR count). The molecule has 2 heteroatoms. The normalized spacial score (nSPS) is 10.9. The van der Waals surface area contributed by atoms with Gasteiger partial charge in [-0.05, 0) is 30.9 Å². The Bertz CT molecular complexity index is 328. The highest BCUT2D eigenvalue weighted by molar-refractivity contribution is 5.94. The van der Waals surface area contributed by atoms with Crippen LogP contribution in [0, 0.1) is 11.8 Å². The molecular formula is C18H33NO. The second kappa shape index (κ2) is 12.7. The van der Waals surface area contributed by atoms with Crippen LogP contribution in [0.15, 0.2) is 30.3 Å². The molecule has 0 radical (unpaired) electrons. The van der Waals surface area contributed by atoms with Crippen molar-refractivity contribution in [3.05, 3.63) is 35.9 Å². The number of benzene rings is 1. The third-order valence-corrected chi connectivity index (χ3v) is 2.39. The molecule has 1 aromatic rings. The van der Waals surface area contributed by atoms with E-state index in [0.717, 1.165) is 11.5 Å². The zero-order valence-corrected chi connectivity index (χ0v) is 14.5. The molecule has 0 aromatic heterocycles. The molecule has 0 spiro atoms. The fraction of sp³-hybridized carbons (Fsp3) is 0.611. The van der Waals surface area contributed by atoms with Gasteiger partial charge in [0.05, 0.1) is 0 Å². The van der Waals surface area contributed by atoms with Crippen molar-refractivity contribution < 1.29 is 4.79 Å². The Balaban J connectivity index is 0. The monoisotopic (exact) mass is 279 g/mol. The van der Waals surface area contributed by atoms with Crippen molar-refractivity contribution in [3.8, 4) is 0 Å². The Kier molecular flexibility index (Phi) is 13.3. The van der Waals surface area contributed by atoms with Crippen molar-refractivity contribution in [2.24, 2.45) is 11.8 Å². The van der Waals surface area contributed by atoms with Gasteiger partial charge < -0.3 is 5.32 Å². The van der Waals surface area contributed by atoms with E-state index >= 15 is 0 Å². The number of hydrogen-bond acceptors (Lipinski definition) is 1. The number of amides is 1. The van der Waals surface area contributed by atoms with Crippen molar-refractivity contribution in [1.29, 1.82) is 0 Å². The lowest BCUT2D eigenvalue weighted by atomic mass is 10.1. The molecule has 0 aliphatic rings. The van der Waals surface area contributed by atoms with E-state index in [1.807, 2.05) is 51.1 Å². The van der Waals surface area contributed by atoms with Gasteiger partial charge in [-0.2, -0.15) is 0 Å². The molecule has 116 valence electrons. The molecule has 1 aromatic carbocycles. The summed E-state index contributed by atoms with van der Waals surface area (Å²) in [5.74, 6) is 1.30.